The van der Waals surface area contributed by atoms with E-state index in [1.165, 1.54) is 0 Å². The number of fused-ring (bicyclic) bond motifs is 1. The van der Waals surface area contributed by atoms with E-state index in [1.807, 2.05) is 18.2 Å². The number of likely N-dealkylation sites (tertiary alicyclic amines) is 1. The largest absolute Gasteiger partial charge is 0.326 e. The molecule has 3 rings (SSSR count). The van der Waals surface area contributed by atoms with E-state index in [2.05, 4.69) is 22.0 Å². The van der Waals surface area contributed by atoms with Gasteiger partial charge in [0.05, 0.1) is 5.52 Å². The van der Waals surface area contributed by atoms with Crippen LogP contribution in [-0.4, -0.2) is 29.0 Å². The third-order valence-electron chi connectivity index (χ3n) is 3.45. The van der Waals surface area contributed by atoms with Crippen molar-refractivity contribution in [2.45, 2.75) is 19.0 Å². The van der Waals surface area contributed by atoms with Crippen LogP contribution >= 0.6 is 11.6 Å². The number of rotatable bonds is 2. The van der Waals surface area contributed by atoms with Gasteiger partial charge < -0.3 is 5.73 Å². The Morgan fingerprint density at radius 1 is 1.39 bits per heavy atom. The molecule has 0 radical (unpaired) electrons. The zero-order chi connectivity index (χ0) is 12.5. The molecule has 1 atom stereocenters. The van der Waals surface area contributed by atoms with E-state index in [-0.39, 0.29) is 0 Å². The molecule has 1 aromatic carbocycles. The Kier molecular flexibility index (Phi) is 3.20. The molecule has 2 aromatic rings. The van der Waals surface area contributed by atoms with Gasteiger partial charge in [-0.3, -0.25) is 4.90 Å². The van der Waals surface area contributed by atoms with E-state index in [0.29, 0.717) is 11.2 Å². The van der Waals surface area contributed by atoms with Gasteiger partial charge in [0.15, 0.2) is 0 Å². The van der Waals surface area contributed by atoms with Crippen LogP contribution in [0.3, 0.4) is 0 Å². The van der Waals surface area contributed by atoms with Gasteiger partial charge >= 0.3 is 0 Å². The predicted octanol–water partition coefficient (Wildman–Crippen LogP) is 2.42. The number of halogens is 1. The summed E-state index contributed by atoms with van der Waals surface area (Å²) in [5.41, 5.74) is 7.95. The molecule has 1 aliphatic heterocycles. The minimum absolute atomic E-state index is 0.303. The Morgan fingerprint density at radius 2 is 2.22 bits per heavy atom. The van der Waals surface area contributed by atoms with Crippen molar-refractivity contribution < 1.29 is 0 Å². The fourth-order valence-corrected chi connectivity index (χ4v) is 2.70. The van der Waals surface area contributed by atoms with Gasteiger partial charge in [0.2, 0.25) is 0 Å². The lowest BCUT2D eigenvalue weighted by atomic mass is 10.1. The molecule has 4 heteroatoms. The Labute approximate surface area is 112 Å². The van der Waals surface area contributed by atoms with Gasteiger partial charge in [-0.05, 0) is 18.6 Å². The summed E-state index contributed by atoms with van der Waals surface area (Å²) in [5, 5.41) is 1.74. The molecule has 0 spiro atoms. The van der Waals surface area contributed by atoms with Crippen LogP contribution in [0.25, 0.3) is 10.9 Å². The van der Waals surface area contributed by atoms with Crippen molar-refractivity contribution in [2.75, 3.05) is 13.1 Å². The normalized spacial score (nSPS) is 20.7. The molecule has 2 heterocycles. The molecule has 0 saturated carbocycles. The van der Waals surface area contributed by atoms with E-state index in [1.54, 1.807) is 0 Å². The van der Waals surface area contributed by atoms with E-state index in [9.17, 15) is 0 Å². The maximum Gasteiger partial charge on any atom is 0.134 e. The van der Waals surface area contributed by atoms with Crippen LogP contribution in [0.2, 0.25) is 5.15 Å². The van der Waals surface area contributed by atoms with Crippen LogP contribution in [0.4, 0.5) is 0 Å². The van der Waals surface area contributed by atoms with Gasteiger partial charge in [-0.1, -0.05) is 29.8 Å². The summed E-state index contributed by atoms with van der Waals surface area (Å²) < 4.78 is 0. The summed E-state index contributed by atoms with van der Waals surface area (Å²) in [7, 11) is 0. The van der Waals surface area contributed by atoms with Crippen molar-refractivity contribution in [1.29, 1.82) is 0 Å². The van der Waals surface area contributed by atoms with Gasteiger partial charge in [-0.2, -0.15) is 0 Å². The number of hydrogen-bond acceptors (Lipinski definition) is 3. The Hall–Kier alpha value is -1.16. The fourth-order valence-electron chi connectivity index (χ4n) is 2.49. The molecule has 94 valence electrons. The molecule has 1 aliphatic rings. The van der Waals surface area contributed by atoms with Crippen molar-refractivity contribution in [2.24, 2.45) is 5.73 Å². The second-order valence-electron chi connectivity index (χ2n) is 4.91. The average Bonchev–Trinajstić information content (AvgIpc) is 2.76. The van der Waals surface area contributed by atoms with E-state index < -0.39 is 0 Å². The minimum atomic E-state index is 0.303. The molecule has 2 N–H and O–H groups in total. The number of nitrogens with zero attached hydrogens (tertiary/aromatic N) is 2. The summed E-state index contributed by atoms with van der Waals surface area (Å²) in [6, 6.07) is 10.5. The first-order valence-electron chi connectivity index (χ1n) is 6.24. The van der Waals surface area contributed by atoms with E-state index >= 15 is 0 Å². The maximum atomic E-state index is 6.25. The standard InChI is InChI=1S/C14H16ClN3/c15-14-11(8-18-6-5-12(16)9-18)7-10-3-1-2-4-13(10)17-14/h1-4,7,12H,5-6,8-9,16H2/t12-/m1/s1. The number of hydrogen-bond donors (Lipinski definition) is 1. The smallest absolute Gasteiger partial charge is 0.134 e. The Balaban J connectivity index is 1.89. The first-order valence-corrected chi connectivity index (χ1v) is 6.62. The van der Waals surface area contributed by atoms with Crippen LogP contribution in [0.5, 0.6) is 0 Å². The molecule has 1 saturated heterocycles. The topological polar surface area (TPSA) is 42.1 Å². The molecular formula is C14H16ClN3. The summed E-state index contributed by atoms with van der Waals surface area (Å²) in [6.45, 7) is 2.83. The summed E-state index contributed by atoms with van der Waals surface area (Å²) in [5.74, 6) is 0. The monoisotopic (exact) mass is 261 g/mol. The lowest BCUT2D eigenvalue weighted by Gasteiger charge is -2.16. The van der Waals surface area contributed by atoms with E-state index in [4.69, 9.17) is 17.3 Å². The van der Waals surface area contributed by atoms with Crippen LogP contribution < -0.4 is 5.73 Å². The molecule has 0 amide bonds. The third kappa shape index (κ3) is 2.34. The SMILES string of the molecule is N[C@@H]1CCN(Cc2cc3ccccc3nc2Cl)C1. The van der Waals surface area contributed by atoms with Gasteiger partial charge in [0, 0.05) is 36.6 Å². The second-order valence-corrected chi connectivity index (χ2v) is 5.27. The summed E-state index contributed by atoms with van der Waals surface area (Å²) in [6.07, 6.45) is 1.07. The quantitative estimate of drug-likeness (QED) is 0.845. The van der Waals surface area contributed by atoms with Gasteiger partial charge in [-0.15, -0.1) is 0 Å². The molecule has 1 fully saturated rings. The van der Waals surface area contributed by atoms with Crippen LogP contribution in [0.1, 0.15) is 12.0 Å². The fraction of sp³-hybridized carbons (Fsp3) is 0.357. The highest BCUT2D eigenvalue weighted by Crippen LogP contribution is 2.23. The highest BCUT2D eigenvalue weighted by molar-refractivity contribution is 6.30. The average molecular weight is 262 g/mol. The number of nitrogens with two attached hydrogens (primary N) is 1. The zero-order valence-electron chi connectivity index (χ0n) is 10.1. The van der Waals surface area contributed by atoms with Crippen molar-refractivity contribution >= 4 is 22.5 Å². The predicted molar refractivity (Wildman–Crippen MR) is 74.6 cm³/mol. The highest BCUT2D eigenvalue weighted by Gasteiger charge is 2.20. The van der Waals surface area contributed by atoms with Crippen LogP contribution in [0, 0.1) is 0 Å². The van der Waals surface area contributed by atoms with Gasteiger partial charge in [-0.25, -0.2) is 4.98 Å². The molecular weight excluding hydrogens is 246 g/mol. The summed E-state index contributed by atoms with van der Waals surface area (Å²) in [4.78, 5) is 6.78. The third-order valence-corrected chi connectivity index (χ3v) is 3.78. The molecule has 1 aromatic heterocycles. The Bertz CT molecular complexity index is 570. The van der Waals surface area contributed by atoms with Crippen LogP contribution in [-0.2, 0) is 6.54 Å². The molecule has 0 unspecified atom stereocenters. The Morgan fingerprint density at radius 3 is 3.00 bits per heavy atom. The first-order chi connectivity index (χ1) is 8.72. The van der Waals surface area contributed by atoms with Gasteiger partial charge in [0.1, 0.15) is 5.15 Å². The minimum Gasteiger partial charge on any atom is -0.326 e. The number of para-hydroxylation sites is 1. The number of benzene rings is 1. The van der Waals surface area contributed by atoms with Crippen LogP contribution in [0.15, 0.2) is 30.3 Å². The number of pyridine rings is 1. The lowest BCUT2D eigenvalue weighted by Crippen LogP contribution is -2.26. The van der Waals surface area contributed by atoms with E-state index in [0.717, 1.165) is 42.5 Å². The van der Waals surface area contributed by atoms with Gasteiger partial charge in [0.25, 0.3) is 0 Å². The molecule has 0 aliphatic carbocycles. The first kappa shape index (κ1) is 11.9. The summed E-state index contributed by atoms with van der Waals surface area (Å²) >= 11 is 6.25. The molecule has 18 heavy (non-hydrogen) atoms. The van der Waals surface area contributed by atoms with Crippen molar-refractivity contribution in [1.82, 2.24) is 9.88 Å². The maximum absolute atomic E-state index is 6.25. The van der Waals surface area contributed by atoms with Crippen molar-refractivity contribution in [3.8, 4) is 0 Å². The van der Waals surface area contributed by atoms with Crippen molar-refractivity contribution in [3.05, 3.63) is 41.0 Å². The highest BCUT2D eigenvalue weighted by atomic mass is 35.5. The molecule has 3 nitrogen and oxygen atoms in total. The molecule has 0 bridgehead atoms. The zero-order valence-corrected chi connectivity index (χ0v) is 10.9. The van der Waals surface area contributed by atoms with Crippen molar-refractivity contribution in [3.63, 3.8) is 0 Å². The lowest BCUT2D eigenvalue weighted by molar-refractivity contribution is 0.327. The second kappa shape index (κ2) is 4.84. The number of aromatic nitrogens is 1.